The average Bonchev–Trinajstić information content (AvgIpc) is 3.01. The van der Waals surface area contributed by atoms with Crippen molar-refractivity contribution in [2.75, 3.05) is 32.8 Å². The van der Waals surface area contributed by atoms with E-state index in [0.717, 1.165) is 18.9 Å². The number of rotatable bonds is 4. The van der Waals surface area contributed by atoms with Crippen LogP contribution in [0.2, 0.25) is 0 Å². The van der Waals surface area contributed by atoms with E-state index in [-0.39, 0.29) is 5.54 Å². The van der Waals surface area contributed by atoms with Crippen LogP contribution in [-0.2, 0) is 0 Å². The summed E-state index contributed by atoms with van der Waals surface area (Å²) >= 11 is 0. The smallest absolute Gasteiger partial charge is 0.0614 e. The molecule has 0 amide bonds. The molecule has 0 aromatic carbocycles. The van der Waals surface area contributed by atoms with E-state index in [1.165, 1.54) is 58.3 Å². The fraction of sp³-hybridized carbons (Fsp3) is 1.00. The quantitative estimate of drug-likeness (QED) is 0.798. The Morgan fingerprint density at radius 1 is 1.00 bits per heavy atom. The third-order valence-corrected chi connectivity index (χ3v) is 6.11. The molecule has 0 aromatic heterocycles. The second-order valence-corrected chi connectivity index (χ2v) is 7.58. The molecule has 2 saturated carbocycles. The molecule has 3 unspecified atom stereocenters. The fourth-order valence-electron chi connectivity index (χ4n) is 4.74. The van der Waals surface area contributed by atoms with Gasteiger partial charge >= 0.3 is 0 Å². The van der Waals surface area contributed by atoms with Gasteiger partial charge in [-0.25, -0.2) is 0 Å². The summed E-state index contributed by atoms with van der Waals surface area (Å²) in [4.78, 5) is 5.42. The van der Waals surface area contributed by atoms with Crippen molar-refractivity contribution in [1.29, 1.82) is 0 Å². The van der Waals surface area contributed by atoms with E-state index in [1.54, 1.807) is 0 Å². The van der Waals surface area contributed by atoms with Gasteiger partial charge in [0.05, 0.1) is 6.61 Å². The first-order valence-electron chi connectivity index (χ1n) is 8.65. The van der Waals surface area contributed by atoms with Crippen LogP contribution in [0, 0.1) is 0 Å². The first kappa shape index (κ1) is 13.5. The highest BCUT2D eigenvalue weighted by molar-refractivity contribution is 5.04. The molecule has 4 aliphatic rings. The lowest BCUT2D eigenvalue weighted by Crippen LogP contribution is -2.54. The summed E-state index contributed by atoms with van der Waals surface area (Å²) < 4.78 is 0. The van der Waals surface area contributed by atoms with E-state index in [4.69, 9.17) is 0 Å². The molecule has 0 radical (unpaired) electrons. The number of piperazine rings is 1. The molecule has 0 aromatic rings. The Labute approximate surface area is 122 Å². The number of aliphatic hydroxyl groups is 1. The van der Waals surface area contributed by atoms with Gasteiger partial charge in [-0.2, -0.15) is 0 Å². The standard InChI is InChI=1S/C16H29N3O/c20-12-16(17-13-3-4-13)6-5-14(10-16)19-9-8-18-7-1-2-15(18)11-19/h13-15,17,20H,1-12H2. The Morgan fingerprint density at radius 2 is 1.85 bits per heavy atom. The van der Waals surface area contributed by atoms with Crippen LogP contribution in [-0.4, -0.2) is 71.4 Å². The summed E-state index contributed by atoms with van der Waals surface area (Å²) in [5.74, 6) is 0. The molecule has 2 heterocycles. The van der Waals surface area contributed by atoms with Gasteiger partial charge in [0.2, 0.25) is 0 Å². The highest BCUT2D eigenvalue weighted by Crippen LogP contribution is 2.37. The third kappa shape index (κ3) is 2.52. The summed E-state index contributed by atoms with van der Waals surface area (Å²) in [6.07, 6.45) is 9.01. The summed E-state index contributed by atoms with van der Waals surface area (Å²) in [5.41, 5.74) is 0.0403. The van der Waals surface area contributed by atoms with Gasteiger partial charge in [0.25, 0.3) is 0 Å². The molecule has 4 fully saturated rings. The number of nitrogens with one attached hydrogen (secondary N) is 1. The minimum absolute atomic E-state index is 0.0403. The van der Waals surface area contributed by atoms with Crippen LogP contribution in [0.1, 0.15) is 44.9 Å². The highest BCUT2D eigenvalue weighted by atomic mass is 16.3. The van der Waals surface area contributed by atoms with Gasteiger partial charge in [-0.3, -0.25) is 9.80 Å². The second-order valence-electron chi connectivity index (χ2n) is 7.58. The lowest BCUT2D eigenvalue weighted by molar-refractivity contribution is 0.0665. The summed E-state index contributed by atoms with van der Waals surface area (Å²) in [6, 6.07) is 2.23. The maximum absolute atomic E-state index is 9.87. The molecule has 2 N–H and O–H groups in total. The lowest BCUT2D eigenvalue weighted by Gasteiger charge is -2.41. The predicted molar refractivity (Wildman–Crippen MR) is 79.8 cm³/mol. The molecule has 2 aliphatic carbocycles. The number of fused-ring (bicyclic) bond motifs is 1. The fourth-order valence-corrected chi connectivity index (χ4v) is 4.74. The Balaban J connectivity index is 1.37. The molecular formula is C16H29N3O. The van der Waals surface area contributed by atoms with Crippen molar-refractivity contribution in [2.45, 2.75) is 68.6 Å². The number of hydrogen-bond donors (Lipinski definition) is 2. The predicted octanol–water partition coefficient (Wildman–Crippen LogP) is 0.802. The monoisotopic (exact) mass is 279 g/mol. The number of aliphatic hydroxyl groups excluding tert-OH is 1. The van der Waals surface area contributed by atoms with Gasteiger partial charge in [-0.05, 0) is 51.5 Å². The van der Waals surface area contributed by atoms with Crippen molar-refractivity contribution in [3.05, 3.63) is 0 Å². The van der Waals surface area contributed by atoms with Crippen LogP contribution in [0.4, 0.5) is 0 Å². The van der Waals surface area contributed by atoms with Crippen molar-refractivity contribution in [3.8, 4) is 0 Å². The zero-order valence-corrected chi connectivity index (χ0v) is 12.6. The zero-order valence-electron chi connectivity index (χ0n) is 12.6. The molecule has 4 nitrogen and oxygen atoms in total. The maximum atomic E-state index is 9.87. The molecule has 0 bridgehead atoms. The van der Waals surface area contributed by atoms with Crippen molar-refractivity contribution in [3.63, 3.8) is 0 Å². The summed E-state index contributed by atoms with van der Waals surface area (Å²) in [7, 11) is 0. The normalized spacial score (nSPS) is 43.0. The molecule has 20 heavy (non-hydrogen) atoms. The molecule has 2 aliphatic heterocycles. The topological polar surface area (TPSA) is 38.7 Å². The third-order valence-electron chi connectivity index (χ3n) is 6.11. The molecular weight excluding hydrogens is 250 g/mol. The minimum Gasteiger partial charge on any atom is -0.394 e. The largest absolute Gasteiger partial charge is 0.394 e. The zero-order chi connectivity index (χ0) is 13.6. The SMILES string of the molecule is OCC1(NC2CC2)CCC(N2CCN3CCCC3C2)C1. The summed E-state index contributed by atoms with van der Waals surface area (Å²) in [6.45, 7) is 5.43. The molecule has 4 rings (SSSR count). The van der Waals surface area contributed by atoms with Gasteiger partial charge in [-0.1, -0.05) is 0 Å². The van der Waals surface area contributed by atoms with Crippen molar-refractivity contribution in [2.24, 2.45) is 0 Å². The van der Waals surface area contributed by atoms with Gasteiger partial charge < -0.3 is 10.4 Å². The van der Waals surface area contributed by atoms with E-state index in [1.807, 2.05) is 0 Å². The first-order valence-corrected chi connectivity index (χ1v) is 8.65. The van der Waals surface area contributed by atoms with Gasteiger partial charge in [-0.15, -0.1) is 0 Å². The molecule has 4 heteroatoms. The summed E-state index contributed by atoms with van der Waals surface area (Å²) in [5, 5.41) is 13.6. The lowest BCUT2D eigenvalue weighted by atomic mass is 9.97. The van der Waals surface area contributed by atoms with Crippen LogP contribution < -0.4 is 5.32 Å². The van der Waals surface area contributed by atoms with Crippen molar-refractivity contribution < 1.29 is 5.11 Å². The van der Waals surface area contributed by atoms with Gasteiger partial charge in [0, 0.05) is 43.3 Å². The van der Waals surface area contributed by atoms with Gasteiger partial charge in [0.15, 0.2) is 0 Å². The van der Waals surface area contributed by atoms with Gasteiger partial charge in [0.1, 0.15) is 0 Å². The van der Waals surface area contributed by atoms with E-state index in [0.29, 0.717) is 18.7 Å². The average molecular weight is 279 g/mol. The Bertz CT molecular complexity index is 360. The Morgan fingerprint density at radius 3 is 2.65 bits per heavy atom. The van der Waals surface area contributed by atoms with E-state index < -0.39 is 0 Å². The maximum Gasteiger partial charge on any atom is 0.0614 e. The van der Waals surface area contributed by atoms with Crippen molar-refractivity contribution >= 4 is 0 Å². The molecule has 114 valence electrons. The van der Waals surface area contributed by atoms with Crippen LogP contribution >= 0.6 is 0 Å². The Hall–Kier alpha value is -0.160. The van der Waals surface area contributed by atoms with Crippen LogP contribution in [0.15, 0.2) is 0 Å². The molecule has 0 spiro atoms. The van der Waals surface area contributed by atoms with E-state index in [2.05, 4.69) is 15.1 Å². The number of hydrogen-bond acceptors (Lipinski definition) is 4. The molecule has 2 saturated heterocycles. The van der Waals surface area contributed by atoms with Crippen LogP contribution in [0.3, 0.4) is 0 Å². The minimum atomic E-state index is 0.0403. The van der Waals surface area contributed by atoms with Crippen molar-refractivity contribution in [1.82, 2.24) is 15.1 Å². The van der Waals surface area contributed by atoms with E-state index >= 15 is 0 Å². The highest BCUT2D eigenvalue weighted by Gasteiger charge is 2.45. The Kier molecular flexibility index (Phi) is 3.53. The van der Waals surface area contributed by atoms with E-state index in [9.17, 15) is 5.11 Å². The second kappa shape index (κ2) is 5.24. The number of nitrogens with zero attached hydrogens (tertiary/aromatic N) is 2. The van der Waals surface area contributed by atoms with Crippen LogP contribution in [0.25, 0.3) is 0 Å². The van der Waals surface area contributed by atoms with Crippen LogP contribution in [0.5, 0.6) is 0 Å². The first-order chi connectivity index (χ1) is 9.78. The molecule has 3 atom stereocenters.